The molecule has 2 saturated heterocycles. The smallest absolute Gasteiger partial charge is 0.274 e. The van der Waals surface area contributed by atoms with Crippen LogP contribution >= 0.6 is 0 Å². The van der Waals surface area contributed by atoms with Crippen LogP contribution in [0.3, 0.4) is 0 Å². The van der Waals surface area contributed by atoms with Crippen molar-refractivity contribution in [3.8, 4) is 0 Å². The van der Waals surface area contributed by atoms with Gasteiger partial charge in [-0.2, -0.15) is 0 Å². The van der Waals surface area contributed by atoms with Gasteiger partial charge in [-0.25, -0.2) is 4.98 Å². The van der Waals surface area contributed by atoms with Gasteiger partial charge in [0.2, 0.25) is 5.91 Å². The fourth-order valence-electron chi connectivity index (χ4n) is 3.60. The molecule has 1 atom stereocenters. The summed E-state index contributed by atoms with van der Waals surface area (Å²) < 4.78 is 5.53. The molecule has 0 aliphatic carbocycles. The zero-order valence-corrected chi connectivity index (χ0v) is 16.0. The summed E-state index contributed by atoms with van der Waals surface area (Å²) in [4.78, 5) is 37.2. The summed E-state index contributed by atoms with van der Waals surface area (Å²) in [6, 6.07) is -0.108. The average Bonchev–Trinajstić information content (AvgIpc) is 2.73. The number of nitrogens with zero attached hydrogens (tertiary/aromatic N) is 4. The van der Waals surface area contributed by atoms with E-state index in [-0.39, 0.29) is 23.9 Å². The van der Waals surface area contributed by atoms with Crippen LogP contribution in [0.15, 0.2) is 18.6 Å². The van der Waals surface area contributed by atoms with E-state index in [0.29, 0.717) is 32.0 Å². The molecule has 0 saturated carbocycles. The number of rotatable bonds is 6. The summed E-state index contributed by atoms with van der Waals surface area (Å²) in [6.45, 7) is 6.27. The van der Waals surface area contributed by atoms with Crippen LogP contribution in [0, 0.1) is 0 Å². The molecule has 0 radical (unpaired) electrons. The highest BCUT2D eigenvalue weighted by Crippen LogP contribution is 2.15. The molecular formula is C19H29N5O3. The van der Waals surface area contributed by atoms with Crippen LogP contribution < -0.4 is 5.32 Å². The van der Waals surface area contributed by atoms with E-state index in [1.807, 2.05) is 0 Å². The van der Waals surface area contributed by atoms with Crippen LogP contribution in [0.2, 0.25) is 0 Å². The molecule has 1 aromatic heterocycles. The second-order valence-corrected chi connectivity index (χ2v) is 7.15. The van der Waals surface area contributed by atoms with Crippen molar-refractivity contribution in [2.24, 2.45) is 0 Å². The third-order valence-electron chi connectivity index (χ3n) is 5.25. The summed E-state index contributed by atoms with van der Waals surface area (Å²) in [6.07, 6.45) is 8.27. The molecule has 0 bridgehead atoms. The van der Waals surface area contributed by atoms with Gasteiger partial charge in [-0.3, -0.25) is 19.5 Å². The van der Waals surface area contributed by atoms with Crippen LogP contribution in [-0.4, -0.2) is 83.1 Å². The zero-order chi connectivity index (χ0) is 19.1. The van der Waals surface area contributed by atoms with E-state index in [0.717, 1.165) is 38.8 Å². The normalized spacial score (nSPS) is 21.8. The number of ether oxygens (including phenoxy) is 1. The molecule has 1 N–H and O–H groups in total. The molecule has 0 spiro atoms. The van der Waals surface area contributed by atoms with Gasteiger partial charge in [0.1, 0.15) is 11.7 Å². The minimum atomic E-state index is -0.204. The van der Waals surface area contributed by atoms with E-state index in [1.165, 1.54) is 12.4 Å². The molecular weight excluding hydrogens is 346 g/mol. The fourth-order valence-corrected chi connectivity index (χ4v) is 3.60. The van der Waals surface area contributed by atoms with Crippen molar-refractivity contribution < 1.29 is 14.3 Å². The number of hydrogen-bond donors (Lipinski definition) is 1. The number of aromatic nitrogens is 2. The van der Waals surface area contributed by atoms with Gasteiger partial charge in [-0.05, 0) is 25.8 Å². The van der Waals surface area contributed by atoms with Crippen molar-refractivity contribution in [1.29, 1.82) is 0 Å². The van der Waals surface area contributed by atoms with Gasteiger partial charge < -0.3 is 15.0 Å². The summed E-state index contributed by atoms with van der Waals surface area (Å²) in [5.41, 5.74) is 0.367. The summed E-state index contributed by atoms with van der Waals surface area (Å²) >= 11 is 0. The molecule has 3 rings (SSSR count). The minimum absolute atomic E-state index is 0.0458. The Morgan fingerprint density at radius 1 is 1.26 bits per heavy atom. The van der Waals surface area contributed by atoms with Crippen molar-refractivity contribution in [3.63, 3.8) is 0 Å². The number of hydrogen-bond acceptors (Lipinski definition) is 6. The largest absolute Gasteiger partial charge is 0.378 e. The van der Waals surface area contributed by atoms with Crippen molar-refractivity contribution in [3.05, 3.63) is 24.3 Å². The monoisotopic (exact) mass is 375 g/mol. The summed E-state index contributed by atoms with van der Waals surface area (Å²) in [7, 11) is 0. The van der Waals surface area contributed by atoms with Gasteiger partial charge >= 0.3 is 0 Å². The fraction of sp³-hybridized carbons (Fsp3) is 0.684. The highest BCUT2D eigenvalue weighted by atomic mass is 16.5. The van der Waals surface area contributed by atoms with E-state index >= 15 is 0 Å². The van der Waals surface area contributed by atoms with Gasteiger partial charge in [0.05, 0.1) is 19.4 Å². The Hall–Kier alpha value is -2.06. The van der Waals surface area contributed by atoms with Crippen LogP contribution in [0.25, 0.3) is 0 Å². The molecule has 27 heavy (non-hydrogen) atoms. The maximum Gasteiger partial charge on any atom is 0.274 e. The zero-order valence-electron chi connectivity index (χ0n) is 16.0. The predicted molar refractivity (Wildman–Crippen MR) is 100 cm³/mol. The Balaban J connectivity index is 1.48. The lowest BCUT2D eigenvalue weighted by Crippen LogP contribution is -2.56. The highest BCUT2D eigenvalue weighted by molar-refractivity contribution is 5.92. The number of carbonyl (C=O) groups is 2. The first kappa shape index (κ1) is 19.7. The lowest BCUT2D eigenvalue weighted by molar-refractivity contribution is -0.133. The van der Waals surface area contributed by atoms with Gasteiger partial charge in [0.15, 0.2) is 0 Å². The number of nitrogens with one attached hydrogen (secondary N) is 1. The first-order chi connectivity index (χ1) is 13.2. The van der Waals surface area contributed by atoms with Crippen LogP contribution in [-0.2, 0) is 9.53 Å². The Morgan fingerprint density at radius 3 is 2.78 bits per heavy atom. The van der Waals surface area contributed by atoms with Gasteiger partial charge in [-0.1, -0.05) is 13.3 Å². The average molecular weight is 375 g/mol. The van der Waals surface area contributed by atoms with Crippen molar-refractivity contribution in [1.82, 2.24) is 25.1 Å². The number of likely N-dealkylation sites (tertiary alicyclic amines) is 1. The Morgan fingerprint density at radius 2 is 2.07 bits per heavy atom. The standard InChI is InChI=1S/C19H29N5O3/c1-2-3-8-23-11-12-27-14-17(23)18(25)22-15-4-9-24(10-5-15)19(26)16-13-20-6-7-21-16/h6-7,13,15,17H,2-5,8-12,14H2,1H3,(H,22,25). The topological polar surface area (TPSA) is 87.7 Å². The Kier molecular flexibility index (Phi) is 7.11. The molecule has 2 aliphatic rings. The molecule has 3 heterocycles. The summed E-state index contributed by atoms with van der Waals surface area (Å²) in [5, 5.41) is 3.17. The molecule has 0 aromatic carbocycles. The first-order valence-electron chi connectivity index (χ1n) is 9.86. The molecule has 8 heteroatoms. The third-order valence-corrected chi connectivity index (χ3v) is 5.25. The minimum Gasteiger partial charge on any atom is -0.378 e. The third kappa shape index (κ3) is 5.23. The lowest BCUT2D eigenvalue weighted by Gasteiger charge is -2.37. The molecule has 1 aromatic rings. The van der Waals surface area contributed by atoms with Crippen LogP contribution in [0.5, 0.6) is 0 Å². The molecule has 2 amide bonds. The van der Waals surface area contributed by atoms with E-state index in [1.54, 1.807) is 11.1 Å². The number of morpholine rings is 1. The van der Waals surface area contributed by atoms with Gasteiger partial charge in [0.25, 0.3) is 5.91 Å². The number of piperidine rings is 1. The molecule has 148 valence electrons. The molecule has 2 fully saturated rings. The van der Waals surface area contributed by atoms with Gasteiger partial charge in [0, 0.05) is 38.1 Å². The van der Waals surface area contributed by atoms with Crippen molar-refractivity contribution in [2.45, 2.75) is 44.7 Å². The molecule has 2 aliphatic heterocycles. The lowest BCUT2D eigenvalue weighted by atomic mass is 10.0. The Labute approximate surface area is 160 Å². The second kappa shape index (κ2) is 9.75. The van der Waals surface area contributed by atoms with Crippen molar-refractivity contribution in [2.75, 3.05) is 39.4 Å². The molecule has 1 unspecified atom stereocenters. The van der Waals surface area contributed by atoms with Crippen molar-refractivity contribution >= 4 is 11.8 Å². The van der Waals surface area contributed by atoms with E-state index in [2.05, 4.69) is 27.1 Å². The maximum absolute atomic E-state index is 12.7. The van der Waals surface area contributed by atoms with Crippen LogP contribution in [0.4, 0.5) is 0 Å². The predicted octanol–water partition coefficient (Wildman–Crippen LogP) is 0.698. The van der Waals surface area contributed by atoms with Crippen LogP contribution in [0.1, 0.15) is 43.1 Å². The molecule has 8 nitrogen and oxygen atoms in total. The second-order valence-electron chi connectivity index (χ2n) is 7.15. The Bertz CT molecular complexity index is 619. The quantitative estimate of drug-likeness (QED) is 0.787. The van der Waals surface area contributed by atoms with Gasteiger partial charge in [-0.15, -0.1) is 0 Å². The summed E-state index contributed by atoms with van der Waals surface area (Å²) in [5.74, 6) is -0.0520. The van der Waals surface area contributed by atoms with E-state index in [9.17, 15) is 9.59 Å². The first-order valence-corrected chi connectivity index (χ1v) is 9.86. The number of carbonyl (C=O) groups excluding carboxylic acids is 2. The maximum atomic E-state index is 12.7. The van der Waals surface area contributed by atoms with E-state index < -0.39 is 0 Å². The number of amides is 2. The number of unbranched alkanes of at least 4 members (excludes halogenated alkanes) is 1. The highest BCUT2D eigenvalue weighted by Gasteiger charge is 2.32. The van der Waals surface area contributed by atoms with E-state index in [4.69, 9.17) is 4.74 Å². The SMILES string of the molecule is CCCCN1CCOCC1C(=O)NC1CCN(C(=O)c2cnccn2)CC1.